The molecule has 0 unspecified atom stereocenters. The van der Waals surface area contributed by atoms with Gasteiger partial charge in [0.05, 0.1) is 44.6 Å². The molecule has 10 heteroatoms. The predicted molar refractivity (Wildman–Crippen MR) is 518 cm³/mol. The number of hydrogen-bond acceptors (Lipinski definition) is 6. The number of aryl methyl sites for hydroxylation is 3. The number of phenolic OH excluding ortho intramolecular Hbond substituents is 2. The molecule has 0 atom stereocenters. The van der Waals surface area contributed by atoms with E-state index in [1.165, 1.54) is 33.4 Å². The van der Waals surface area contributed by atoms with Gasteiger partial charge in [-0.15, -0.1) is 58.7 Å². The molecule has 0 aliphatic rings. The third kappa shape index (κ3) is 19.5. The molecular weight excluding hydrogens is 1890 g/mol. The van der Waals surface area contributed by atoms with Crippen molar-refractivity contribution in [3.05, 3.63) is 335 Å². The molecule has 0 amide bonds. The molecule has 0 radical (unpaired) electrons. The Kier molecular flexibility index (Phi) is 26.2. The fourth-order valence-corrected chi connectivity index (χ4v) is 16.8. The smallest absolute Gasteiger partial charge is 0.148 e. The average Bonchev–Trinajstić information content (AvgIpc) is 1.59. The van der Waals surface area contributed by atoms with Crippen molar-refractivity contribution >= 4 is 22.1 Å². The Bertz CT molecular complexity index is 6650. The number of nitrogens with zero attached hydrogens (tertiary/aromatic N) is 6. The Morgan fingerprint density at radius 3 is 1.13 bits per heavy atom. The van der Waals surface area contributed by atoms with Gasteiger partial charge in [-0.2, -0.15) is 0 Å². The SMILES string of the molecule is Cc1cc(-c2nc3c(-c4[c-]c(-c5cc(-c6ccc(C(C)(C)C)cc6)ccn5)cc(C(C)(C)C)c4)cccc3n2-c2ccc(CC(C)C)cc2-c2ccccc2)c(O)c(C(C)(C)C)c1.Cc1cc(C)c(O)c(-c2nc3c(-c4[c-]c(-c5cc(-c6ccc(C(C)(C)C)cc6)ccn5)cc(C(C)(C)C)c4)cccc3n2-c2ccc(C(C)(C)C)cc2-c2ccccc2)c1.[Pt].[Pt]. The fraction of sp³-hybridized carbons (Fsp3) is 0.270. The number of para-hydroxylation sites is 2. The molecule has 125 heavy (non-hydrogen) atoms. The van der Waals surface area contributed by atoms with Crippen LogP contribution in [-0.2, 0) is 81.0 Å². The quantitative estimate of drug-likeness (QED) is 0.105. The van der Waals surface area contributed by atoms with Gasteiger partial charge in [0.25, 0.3) is 0 Å². The van der Waals surface area contributed by atoms with Crippen LogP contribution in [0.15, 0.2) is 267 Å². The van der Waals surface area contributed by atoms with Crippen molar-refractivity contribution in [3.8, 4) is 135 Å². The summed E-state index contributed by atoms with van der Waals surface area (Å²) in [6.07, 6.45) is 4.78. The fourth-order valence-electron chi connectivity index (χ4n) is 16.8. The Hall–Kier alpha value is -11.1. The maximum atomic E-state index is 12.3. The third-order valence-corrected chi connectivity index (χ3v) is 23.9. The summed E-state index contributed by atoms with van der Waals surface area (Å²) in [5.41, 5.74) is 34.2. The van der Waals surface area contributed by atoms with Crippen LogP contribution in [0.25, 0.3) is 145 Å². The maximum absolute atomic E-state index is 12.3. The molecule has 642 valence electrons. The molecule has 0 saturated heterocycles. The van der Waals surface area contributed by atoms with E-state index in [0.29, 0.717) is 28.7 Å². The Labute approximate surface area is 771 Å². The largest absolute Gasteiger partial charge is 0.507 e. The predicted octanol–water partition coefficient (Wildman–Crippen LogP) is 30.4. The van der Waals surface area contributed by atoms with Crippen LogP contribution in [0.5, 0.6) is 11.5 Å². The van der Waals surface area contributed by atoms with Gasteiger partial charge >= 0.3 is 0 Å². The molecule has 16 rings (SSSR count). The molecular formula is C115H118N6O2Pt2-2. The number of hydrogen-bond donors (Lipinski definition) is 2. The number of aromatic nitrogens is 6. The van der Waals surface area contributed by atoms with E-state index in [-0.39, 0.29) is 86.1 Å². The zero-order valence-corrected chi connectivity index (χ0v) is 81.4. The van der Waals surface area contributed by atoms with Gasteiger partial charge in [0, 0.05) is 82.6 Å². The van der Waals surface area contributed by atoms with E-state index < -0.39 is 0 Å². The van der Waals surface area contributed by atoms with Gasteiger partial charge in [-0.25, -0.2) is 9.97 Å². The van der Waals surface area contributed by atoms with E-state index in [2.05, 4.69) is 416 Å². The number of imidazole rings is 2. The van der Waals surface area contributed by atoms with Gasteiger partial charge in [0.2, 0.25) is 0 Å². The summed E-state index contributed by atoms with van der Waals surface area (Å²) in [7, 11) is 0. The first-order chi connectivity index (χ1) is 58.1. The van der Waals surface area contributed by atoms with Crippen molar-refractivity contribution < 1.29 is 52.3 Å². The second-order valence-electron chi connectivity index (χ2n) is 40.4. The third-order valence-electron chi connectivity index (χ3n) is 23.9. The molecule has 2 N–H and O–H groups in total. The molecule has 4 heterocycles. The van der Waals surface area contributed by atoms with E-state index in [1.807, 2.05) is 31.5 Å². The Balaban J connectivity index is 0.000000211. The van der Waals surface area contributed by atoms with Gasteiger partial charge in [-0.1, -0.05) is 331 Å². The summed E-state index contributed by atoms with van der Waals surface area (Å²) in [5, 5.41) is 24.1. The minimum atomic E-state index is -0.291. The summed E-state index contributed by atoms with van der Waals surface area (Å²) in [5.74, 6) is 2.37. The van der Waals surface area contributed by atoms with Crippen LogP contribution >= 0.6 is 0 Å². The van der Waals surface area contributed by atoms with Gasteiger partial charge in [-0.3, -0.25) is 19.1 Å². The van der Waals surface area contributed by atoms with Crippen molar-refractivity contribution in [1.82, 2.24) is 29.1 Å². The Morgan fingerprint density at radius 2 is 0.712 bits per heavy atom. The van der Waals surface area contributed by atoms with E-state index in [9.17, 15) is 10.2 Å². The summed E-state index contributed by atoms with van der Waals surface area (Å²) < 4.78 is 4.51. The zero-order valence-electron chi connectivity index (χ0n) is 76.9. The molecule has 16 aromatic rings. The normalized spacial score (nSPS) is 12.2. The second kappa shape index (κ2) is 35.7. The van der Waals surface area contributed by atoms with Gasteiger partial charge < -0.3 is 10.2 Å². The maximum Gasteiger partial charge on any atom is 0.148 e. The van der Waals surface area contributed by atoms with Crippen LogP contribution in [0, 0.1) is 38.8 Å². The van der Waals surface area contributed by atoms with E-state index in [4.69, 9.17) is 19.9 Å². The van der Waals surface area contributed by atoms with E-state index in [0.717, 1.165) is 151 Å². The molecule has 0 aliphatic heterocycles. The molecule has 12 aromatic carbocycles. The molecule has 8 nitrogen and oxygen atoms in total. The van der Waals surface area contributed by atoms with Gasteiger partial charge in [-0.05, 0) is 199 Å². The molecule has 0 spiro atoms. The molecule has 0 bridgehead atoms. The van der Waals surface area contributed by atoms with Crippen LogP contribution in [-0.4, -0.2) is 39.3 Å². The summed E-state index contributed by atoms with van der Waals surface area (Å²) in [6.45, 7) is 50.8. The number of fused-ring (bicyclic) bond motifs is 2. The number of phenols is 2. The first kappa shape index (κ1) is 91.6. The standard InChI is InChI=1S/C59H62N3O.C56H56N3O.2Pt/c1-37(2)29-39-21-26-52(48(32-39)41-17-14-13-15-18-41)62-53-20-16-19-47(54(53)61-56(62)49-30-38(3)31-50(55(49)63)59(10,11)12)43-33-44(35-46(34-43)58(7,8)9)51-36-42(27-28-60-51)40-22-24-45(25-23-40)57(4,5)6;1-35-28-36(2)52(60)47(29-35)53-58-51-45(18-15-19-50(51)59(53)49-25-24-43(55(6,7)8)34-46(49)38-16-13-12-14-17-38)40-30-41(32-44(31-40)56(9,10)11)48-33-39(26-27-57-48)37-20-22-42(23-21-37)54(3,4)5;;/h13-28,30-32,34-37,63H,29H2,1-12H3;12-29,31-34,60H,1-11H3;;/q2*-1;;. The zero-order chi connectivity index (χ0) is 87.7. The Morgan fingerprint density at radius 1 is 0.320 bits per heavy atom. The van der Waals surface area contributed by atoms with Crippen LogP contribution in [0.1, 0.15) is 194 Å². The van der Waals surface area contributed by atoms with Crippen LogP contribution in [0.4, 0.5) is 0 Å². The number of aromatic hydroxyl groups is 2. The first-order valence-corrected chi connectivity index (χ1v) is 43.5. The minimum absolute atomic E-state index is 0. The minimum Gasteiger partial charge on any atom is -0.507 e. The van der Waals surface area contributed by atoms with Crippen molar-refractivity contribution in [2.45, 2.75) is 198 Å². The summed E-state index contributed by atoms with van der Waals surface area (Å²) in [4.78, 5) is 21.0. The monoisotopic (exact) mass is 2000 g/mol. The van der Waals surface area contributed by atoms with E-state index >= 15 is 0 Å². The van der Waals surface area contributed by atoms with Crippen molar-refractivity contribution in [1.29, 1.82) is 0 Å². The first-order valence-electron chi connectivity index (χ1n) is 43.5. The average molecular weight is 2010 g/mol. The van der Waals surface area contributed by atoms with Crippen LogP contribution < -0.4 is 0 Å². The van der Waals surface area contributed by atoms with Gasteiger partial charge in [0.1, 0.15) is 23.1 Å². The van der Waals surface area contributed by atoms with Gasteiger partial charge in [0.15, 0.2) is 0 Å². The van der Waals surface area contributed by atoms with Crippen LogP contribution in [0.2, 0.25) is 0 Å². The van der Waals surface area contributed by atoms with E-state index in [1.54, 1.807) is 0 Å². The molecule has 4 aromatic heterocycles. The van der Waals surface area contributed by atoms with Crippen LogP contribution in [0.3, 0.4) is 0 Å². The molecule has 0 saturated carbocycles. The number of rotatable bonds is 14. The van der Waals surface area contributed by atoms with Crippen molar-refractivity contribution in [2.75, 3.05) is 0 Å². The number of benzene rings is 12. The summed E-state index contributed by atoms with van der Waals surface area (Å²) in [6, 6.07) is 98.9. The van der Waals surface area contributed by atoms with Crippen molar-refractivity contribution in [2.24, 2.45) is 5.92 Å². The second-order valence-corrected chi connectivity index (χ2v) is 40.4. The summed E-state index contributed by atoms with van der Waals surface area (Å²) >= 11 is 0. The molecule has 0 fully saturated rings. The number of pyridine rings is 2. The topological polar surface area (TPSA) is 102 Å². The molecule has 0 aliphatic carbocycles. The van der Waals surface area contributed by atoms with Crippen molar-refractivity contribution in [3.63, 3.8) is 0 Å².